The topological polar surface area (TPSA) is 51.1 Å². The number of carbonyl (C=O) groups excluding carboxylic acids is 1. The van der Waals surface area contributed by atoms with Gasteiger partial charge in [-0.05, 0) is 12.8 Å². The van der Waals surface area contributed by atoms with Crippen molar-refractivity contribution in [2.45, 2.75) is 38.1 Å². The Morgan fingerprint density at radius 3 is 2.30 bits per heavy atom. The van der Waals surface area contributed by atoms with Crippen LogP contribution in [0.4, 0.5) is 4.79 Å². The van der Waals surface area contributed by atoms with E-state index in [1.54, 1.807) is 0 Å². The van der Waals surface area contributed by atoms with Crippen LogP contribution in [0.3, 0.4) is 0 Å². The first-order valence-corrected chi connectivity index (χ1v) is 3.71. The summed E-state index contributed by atoms with van der Waals surface area (Å²) in [6.07, 6.45) is 4.04. The monoisotopic (exact) mass is 141 g/mol. The largest absolute Gasteiger partial charge is 0.471 e. The minimum atomic E-state index is -1.26. The molecule has 10 heavy (non-hydrogen) atoms. The Kier molecular flexibility index (Phi) is 2.54. The van der Waals surface area contributed by atoms with E-state index in [2.05, 4.69) is 5.32 Å². The molecule has 1 saturated carbocycles. The van der Waals surface area contributed by atoms with Gasteiger partial charge >= 0.3 is 6.09 Å². The SMILES string of the molecule is [O]C(=O)[N]C1CCCCC1. The molecule has 0 aromatic rings. The highest BCUT2D eigenvalue weighted by atomic mass is 16.4. The van der Waals surface area contributed by atoms with Crippen molar-refractivity contribution in [1.29, 1.82) is 0 Å². The standard InChI is InChI=1S/C7H11NO2/c9-7(10)8-6-4-2-1-3-5-6/h6H,1-5H2. The van der Waals surface area contributed by atoms with Crippen molar-refractivity contribution in [3.05, 3.63) is 0 Å². The van der Waals surface area contributed by atoms with Gasteiger partial charge in [0.05, 0.1) is 6.04 Å². The maximum Gasteiger partial charge on any atom is 0.471 e. The molecule has 0 heterocycles. The third kappa shape index (κ3) is 2.25. The molecular weight excluding hydrogens is 130 g/mol. The molecule has 3 heteroatoms. The van der Waals surface area contributed by atoms with Crippen LogP contribution in [-0.2, 0) is 5.11 Å². The molecule has 0 saturated heterocycles. The van der Waals surface area contributed by atoms with Crippen molar-refractivity contribution in [3.8, 4) is 0 Å². The van der Waals surface area contributed by atoms with Crippen molar-refractivity contribution in [1.82, 2.24) is 5.32 Å². The fourth-order valence-corrected chi connectivity index (χ4v) is 1.36. The molecule has 0 aromatic carbocycles. The van der Waals surface area contributed by atoms with E-state index in [9.17, 15) is 9.90 Å². The van der Waals surface area contributed by atoms with Gasteiger partial charge in [-0.25, -0.2) is 15.2 Å². The van der Waals surface area contributed by atoms with Gasteiger partial charge in [-0.2, -0.15) is 0 Å². The number of hydrogen-bond acceptors (Lipinski definition) is 1. The van der Waals surface area contributed by atoms with Crippen LogP contribution in [-0.4, -0.2) is 12.1 Å². The molecule has 0 N–H and O–H groups in total. The smallest absolute Gasteiger partial charge is 0.218 e. The van der Waals surface area contributed by atoms with Gasteiger partial charge in [-0.1, -0.05) is 19.3 Å². The van der Waals surface area contributed by atoms with Crippen molar-refractivity contribution in [3.63, 3.8) is 0 Å². The predicted octanol–water partition coefficient (Wildman–Crippen LogP) is 1.47. The summed E-state index contributed by atoms with van der Waals surface area (Å²) in [5.74, 6) is 0. The zero-order valence-corrected chi connectivity index (χ0v) is 5.88. The van der Waals surface area contributed by atoms with E-state index in [1.165, 1.54) is 6.42 Å². The molecule has 56 valence electrons. The fraction of sp³-hybridized carbons (Fsp3) is 0.857. The molecule has 2 radical (unpaired) electrons. The Morgan fingerprint density at radius 1 is 1.20 bits per heavy atom. The van der Waals surface area contributed by atoms with Gasteiger partial charge in [0.2, 0.25) is 0 Å². The highest BCUT2D eigenvalue weighted by Gasteiger charge is 2.17. The number of nitrogens with zero attached hydrogens (tertiary/aromatic N) is 1. The van der Waals surface area contributed by atoms with Crippen LogP contribution in [0.1, 0.15) is 32.1 Å². The summed E-state index contributed by atoms with van der Waals surface area (Å²) in [6.45, 7) is 0. The van der Waals surface area contributed by atoms with Crippen LogP contribution in [0, 0.1) is 0 Å². The first-order valence-electron chi connectivity index (χ1n) is 3.71. The van der Waals surface area contributed by atoms with Crippen LogP contribution in [0.5, 0.6) is 0 Å². The molecule has 0 atom stereocenters. The van der Waals surface area contributed by atoms with Crippen molar-refractivity contribution in [2.24, 2.45) is 0 Å². The molecule has 0 aromatic heterocycles. The van der Waals surface area contributed by atoms with Crippen LogP contribution in [0.2, 0.25) is 0 Å². The average Bonchev–Trinajstić information content (AvgIpc) is 1.88. The maximum atomic E-state index is 9.99. The second-order valence-corrected chi connectivity index (χ2v) is 2.69. The van der Waals surface area contributed by atoms with E-state index in [0.29, 0.717) is 0 Å². The third-order valence-electron chi connectivity index (χ3n) is 1.86. The number of amides is 1. The third-order valence-corrected chi connectivity index (χ3v) is 1.86. The minimum absolute atomic E-state index is 0.0405. The summed E-state index contributed by atoms with van der Waals surface area (Å²) in [5.41, 5.74) is 0. The molecule has 0 aliphatic heterocycles. The second-order valence-electron chi connectivity index (χ2n) is 2.69. The van der Waals surface area contributed by atoms with E-state index in [4.69, 9.17) is 0 Å². The normalized spacial score (nSPS) is 20.4. The number of carbonyl (C=O) groups is 1. The first kappa shape index (κ1) is 7.38. The van der Waals surface area contributed by atoms with Gasteiger partial charge in [0.1, 0.15) is 0 Å². The van der Waals surface area contributed by atoms with E-state index in [0.717, 1.165) is 25.7 Å². The highest BCUT2D eigenvalue weighted by Crippen LogP contribution is 2.17. The highest BCUT2D eigenvalue weighted by molar-refractivity contribution is 5.63. The van der Waals surface area contributed by atoms with E-state index in [1.807, 2.05) is 0 Å². The van der Waals surface area contributed by atoms with E-state index in [-0.39, 0.29) is 6.04 Å². The van der Waals surface area contributed by atoms with Crippen LogP contribution in [0.15, 0.2) is 0 Å². The molecular formula is C7H11NO2. The summed E-state index contributed by atoms with van der Waals surface area (Å²) in [7, 11) is 0. The number of hydrogen-bond donors (Lipinski definition) is 0. The molecule has 1 amide bonds. The molecule has 0 unspecified atom stereocenters. The van der Waals surface area contributed by atoms with Gasteiger partial charge in [0.25, 0.3) is 0 Å². The average molecular weight is 141 g/mol. The quantitative estimate of drug-likeness (QED) is 0.545. The summed E-state index contributed by atoms with van der Waals surface area (Å²) < 4.78 is 0. The van der Waals surface area contributed by atoms with E-state index < -0.39 is 6.09 Å². The van der Waals surface area contributed by atoms with Crippen LogP contribution >= 0.6 is 0 Å². The van der Waals surface area contributed by atoms with Crippen molar-refractivity contribution >= 4 is 6.09 Å². The fourth-order valence-electron chi connectivity index (χ4n) is 1.36. The van der Waals surface area contributed by atoms with Gasteiger partial charge < -0.3 is 0 Å². The van der Waals surface area contributed by atoms with Gasteiger partial charge in [0.15, 0.2) is 0 Å². The Hall–Kier alpha value is -0.730. The lowest BCUT2D eigenvalue weighted by Gasteiger charge is -2.17. The first-order chi connectivity index (χ1) is 4.79. The molecule has 1 fully saturated rings. The van der Waals surface area contributed by atoms with Gasteiger partial charge in [0, 0.05) is 0 Å². The summed E-state index contributed by atoms with van der Waals surface area (Å²) in [4.78, 5) is 9.99. The molecule has 3 nitrogen and oxygen atoms in total. The molecule has 0 spiro atoms. The lowest BCUT2D eigenvalue weighted by atomic mass is 9.96. The maximum absolute atomic E-state index is 9.99. The Bertz CT molecular complexity index is 119. The van der Waals surface area contributed by atoms with Gasteiger partial charge in [-0.15, -0.1) is 0 Å². The summed E-state index contributed by atoms with van der Waals surface area (Å²) in [5, 5.41) is 13.4. The Morgan fingerprint density at radius 2 is 1.80 bits per heavy atom. The number of rotatable bonds is 1. The summed E-state index contributed by atoms with van der Waals surface area (Å²) >= 11 is 0. The van der Waals surface area contributed by atoms with Crippen LogP contribution < -0.4 is 5.32 Å². The molecule has 1 aliphatic rings. The Balaban J connectivity index is 2.19. The molecule has 1 aliphatic carbocycles. The molecule has 0 bridgehead atoms. The van der Waals surface area contributed by atoms with Crippen LogP contribution in [0.25, 0.3) is 0 Å². The second kappa shape index (κ2) is 3.44. The summed E-state index contributed by atoms with van der Waals surface area (Å²) in [6, 6.07) is 0.0405. The lowest BCUT2D eigenvalue weighted by molar-refractivity contribution is 0.159. The van der Waals surface area contributed by atoms with Crippen molar-refractivity contribution < 1.29 is 9.90 Å². The van der Waals surface area contributed by atoms with E-state index >= 15 is 0 Å². The lowest BCUT2D eigenvalue weighted by Crippen LogP contribution is -2.27. The van der Waals surface area contributed by atoms with Gasteiger partial charge in [-0.3, -0.25) is 0 Å². The molecule has 1 rings (SSSR count). The zero-order valence-electron chi connectivity index (χ0n) is 5.88. The Labute approximate surface area is 60.4 Å². The minimum Gasteiger partial charge on any atom is -0.218 e. The predicted molar refractivity (Wildman–Crippen MR) is 35.1 cm³/mol. The van der Waals surface area contributed by atoms with Crippen molar-refractivity contribution in [2.75, 3.05) is 0 Å². The zero-order chi connectivity index (χ0) is 7.40.